The van der Waals surface area contributed by atoms with Crippen LogP contribution in [0.5, 0.6) is 11.5 Å². The molecule has 0 amide bonds. The topological polar surface area (TPSA) is 77.6 Å². The molecule has 0 bridgehead atoms. The molecule has 1 N–H and O–H groups in total. The summed E-state index contributed by atoms with van der Waals surface area (Å²) in [6.45, 7) is 4.02. The van der Waals surface area contributed by atoms with E-state index in [1.165, 1.54) is 0 Å². The van der Waals surface area contributed by atoms with Gasteiger partial charge in [-0.3, -0.25) is 0 Å². The molecule has 0 radical (unpaired) electrons. The highest BCUT2D eigenvalue weighted by atomic mass is 16.5. The molecule has 0 aliphatic carbocycles. The van der Waals surface area contributed by atoms with E-state index in [2.05, 4.69) is 10.1 Å². The second-order valence-electron chi connectivity index (χ2n) is 4.62. The number of benzene rings is 1. The van der Waals surface area contributed by atoms with Crippen molar-refractivity contribution in [3.63, 3.8) is 0 Å². The van der Waals surface area contributed by atoms with Crippen LogP contribution in [0.4, 0.5) is 0 Å². The molecule has 2 rings (SSSR count). The summed E-state index contributed by atoms with van der Waals surface area (Å²) < 4.78 is 15.9. The predicted molar refractivity (Wildman–Crippen MR) is 71.6 cm³/mol. The Morgan fingerprint density at radius 3 is 2.75 bits per heavy atom. The Balaban J connectivity index is 2.09. The third-order valence-corrected chi connectivity index (χ3v) is 2.78. The van der Waals surface area contributed by atoms with Gasteiger partial charge >= 0.3 is 0 Å². The van der Waals surface area contributed by atoms with Crippen LogP contribution in [-0.4, -0.2) is 22.4 Å². The van der Waals surface area contributed by atoms with Crippen molar-refractivity contribution in [1.82, 2.24) is 10.1 Å². The molecule has 0 atom stereocenters. The molecule has 20 heavy (non-hydrogen) atoms. The number of nitrogens with zero attached hydrogens (tertiary/aromatic N) is 2. The van der Waals surface area contributed by atoms with Crippen molar-refractivity contribution < 1.29 is 19.1 Å². The standard InChI is InChI=1S/C14H18N2O4/c1-9(2)14-15-13(16-20-14)8-19-12-6-11(18-3)5-4-10(12)7-17/h4-6,9,17H,7-8H2,1-3H3. The second-order valence-corrected chi connectivity index (χ2v) is 4.62. The summed E-state index contributed by atoms with van der Waals surface area (Å²) in [6.07, 6.45) is 0. The van der Waals surface area contributed by atoms with Crippen LogP contribution in [0.3, 0.4) is 0 Å². The van der Waals surface area contributed by atoms with Gasteiger partial charge in [0.05, 0.1) is 13.7 Å². The smallest absolute Gasteiger partial charge is 0.229 e. The molecule has 6 heteroatoms. The van der Waals surface area contributed by atoms with Gasteiger partial charge in [-0.05, 0) is 12.1 Å². The van der Waals surface area contributed by atoms with Crippen LogP contribution in [-0.2, 0) is 13.2 Å². The molecule has 108 valence electrons. The van der Waals surface area contributed by atoms with Crippen molar-refractivity contribution in [2.45, 2.75) is 33.0 Å². The fourth-order valence-electron chi connectivity index (χ4n) is 1.63. The lowest BCUT2D eigenvalue weighted by Gasteiger charge is -2.10. The summed E-state index contributed by atoms with van der Waals surface area (Å²) in [4.78, 5) is 4.23. The summed E-state index contributed by atoms with van der Waals surface area (Å²) in [7, 11) is 1.58. The first kappa shape index (κ1) is 14.3. The SMILES string of the molecule is COc1ccc(CO)c(OCc2noc(C(C)C)n2)c1. The number of aliphatic hydroxyl groups excluding tert-OH is 1. The van der Waals surface area contributed by atoms with Gasteiger partial charge in [-0.1, -0.05) is 19.0 Å². The Bertz CT molecular complexity index is 566. The van der Waals surface area contributed by atoms with Crippen molar-refractivity contribution in [2.24, 2.45) is 0 Å². The van der Waals surface area contributed by atoms with Crippen LogP contribution >= 0.6 is 0 Å². The minimum atomic E-state index is -0.108. The zero-order chi connectivity index (χ0) is 14.5. The molecule has 1 aromatic carbocycles. The summed E-state index contributed by atoms with van der Waals surface area (Å²) >= 11 is 0. The van der Waals surface area contributed by atoms with Crippen LogP contribution in [0.1, 0.15) is 37.0 Å². The number of methoxy groups -OCH3 is 1. The zero-order valence-electron chi connectivity index (χ0n) is 11.8. The Labute approximate surface area is 117 Å². The number of hydrogen-bond donors (Lipinski definition) is 1. The summed E-state index contributed by atoms with van der Waals surface area (Å²) in [6, 6.07) is 5.24. The van der Waals surface area contributed by atoms with E-state index in [0.29, 0.717) is 28.8 Å². The Morgan fingerprint density at radius 2 is 2.15 bits per heavy atom. The van der Waals surface area contributed by atoms with Gasteiger partial charge in [0, 0.05) is 17.5 Å². The lowest BCUT2D eigenvalue weighted by Crippen LogP contribution is -2.01. The Morgan fingerprint density at radius 1 is 1.35 bits per heavy atom. The molecule has 0 spiro atoms. The molecule has 1 heterocycles. The summed E-state index contributed by atoms with van der Waals surface area (Å²) in [5.41, 5.74) is 0.679. The number of aliphatic hydroxyl groups is 1. The zero-order valence-corrected chi connectivity index (χ0v) is 11.8. The van der Waals surface area contributed by atoms with Gasteiger partial charge in [-0.25, -0.2) is 0 Å². The summed E-state index contributed by atoms with van der Waals surface area (Å²) in [5, 5.41) is 13.1. The second kappa shape index (κ2) is 6.38. The average molecular weight is 278 g/mol. The van der Waals surface area contributed by atoms with Crippen LogP contribution in [0, 0.1) is 0 Å². The van der Waals surface area contributed by atoms with E-state index in [9.17, 15) is 5.11 Å². The van der Waals surface area contributed by atoms with Gasteiger partial charge in [-0.2, -0.15) is 4.98 Å². The molecular weight excluding hydrogens is 260 g/mol. The van der Waals surface area contributed by atoms with E-state index in [4.69, 9.17) is 14.0 Å². The minimum Gasteiger partial charge on any atom is -0.497 e. The van der Waals surface area contributed by atoms with Crippen molar-refractivity contribution in [3.8, 4) is 11.5 Å². The maximum Gasteiger partial charge on any atom is 0.229 e. The monoisotopic (exact) mass is 278 g/mol. The lowest BCUT2D eigenvalue weighted by molar-refractivity contribution is 0.251. The number of aromatic nitrogens is 2. The van der Waals surface area contributed by atoms with Crippen LogP contribution < -0.4 is 9.47 Å². The maximum atomic E-state index is 9.29. The highest BCUT2D eigenvalue weighted by molar-refractivity contribution is 5.40. The Kier molecular flexibility index (Phi) is 4.57. The van der Waals surface area contributed by atoms with Crippen molar-refractivity contribution in [1.29, 1.82) is 0 Å². The first-order chi connectivity index (χ1) is 9.63. The fourth-order valence-corrected chi connectivity index (χ4v) is 1.63. The van der Waals surface area contributed by atoms with E-state index < -0.39 is 0 Å². The largest absolute Gasteiger partial charge is 0.497 e. The van der Waals surface area contributed by atoms with Crippen molar-refractivity contribution >= 4 is 0 Å². The molecule has 0 aliphatic rings. The van der Waals surface area contributed by atoms with Gasteiger partial charge in [0.2, 0.25) is 11.7 Å². The normalized spacial score (nSPS) is 10.8. The van der Waals surface area contributed by atoms with Gasteiger partial charge in [0.25, 0.3) is 0 Å². The average Bonchev–Trinajstić information content (AvgIpc) is 2.93. The molecular formula is C14H18N2O4. The highest BCUT2D eigenvalue weighted by Gasteiger charge is 2.11. The highest BCUT2D eigenvalue weighted by Crippen LogP contribution is 2.25. The Hall–Kier alpha value is -2.08. The first-order valence-electron chi connectivity index (χ1n) is 6.37. The number of hydrogen-bond acceptors (Lipinski definition) is 6. The van der Waals surface area contributed by atoms with E-state index in [0.717, 1.165) is 0 Å². The molecule has 1 aromatic heterocycles. The number of ether oxygens (including phenoxy) is 2. The molecule has 0 saturated carbocycles. The molecule has 2 aromatic rings. The predicted octanol–water partition coefficient (Wildman–Crippen LogP) is 2.27. The van der Waals surface area contributed by atoms with Gasteiger partial charge < -0.3 is 19.1 Å². The van der Waals surface area contributed by atoms with Gasteiger partial charge in [-0.15, -0.1) is 0 Å². The third kappa shape index (κ3) is 3.27. The van der Waals surface area contributed by atoms with E-state index in [1.807, 2.05) is 13.8 Å². The van der Waals surface area contributed by atoms with Crippen LogP contribution in [0.15, 0.2) is 22.7 Å². The maximum absolute atomic E-state index is 9.29. The van der Waals surface area contributed by atoms with E-state index in [1.54, 1.807) is 25.3 Å². The van der Waals surface area contributed by atoms with Crippen LogP contribution in [0.2, 0.25) is 0 Å². The minimum absolute atomic E-state index is 0.108. The lowest BCUT2D eigenvalue weighted by atomic mass is 10.2. The fraction of sp³-hybridized carbons (Fsp3) is 0.429. The van der Waals surface area contributed by atoms with Gasteiger partial charge in [0.1, 0.15) is 11.5 Å². The molecule has 0 unspecified atom stereocenters. The van der Waals surface area contributed by atoms with E-state index >= 15 is 0 Å². The molecule has 0 aliphatic heterocycles. The first-order valence-corrected chi connectivity index (χ1v) is 6.37. The molecule has 6 nitrogen and oxygen atoms in total. The number of rotatable bonds is 6. The van der Waals surface area contributed by atoms with Gasteiger partial charge in [0.15, 0.2) is 6.61 Å². The molecule has 0 saturated heterocycles. The van der Waals surface area contributed by atoms with E-state index in [-0.39, 0.29) is 19.1 Å². The van der Waals surface area contributed by atoms with Crippen LogP contribution in [0.25, 0.3) is 0 Å². The summed E-state index contributed by atoms with van der Waals surface area (Å²) in [5.74, 6) is 2.44. The third-order valence-electron chi connectivity index (χ3n) is 2.78. The quantitative estimate of drug-likeness (QED) is 0.873. The molecule has 0 fully saturated rings. The van der Waals surface area contributed by atoms with Crippen molar-refractivity contribution in [3.05, 3.63) is 35.5 Å². The van der Waals surface area contributed by atoms with Crippen molar-refractivity contribution in [2.75, 3.05) is 7.11 Å².